The molecule has 5 N–H and O–H groups in total. The second kappa shape index (κ2) is 5.63. The predicted molar refractivity (Wildman–Crippen MR) is 76.9 cm³/mol. The average Bonchev–Trinajstić information content (AvgIpc) is 2.77. The Morgan fingerprint density at radius 1 is 1.45 bits per heavy atom. The number of fused-ring (bicyclic) bond motifs is 1. The number of hydrogen-bond donors (Lipinski definition) is 4. The number of benzene rings is 1. The van der Waals surface area contributed by atoms with Crippen molar-refractivity contribution >= 4 is 16.9 Å². The highest BCUT2D eigenvalue weighted by Gasteiger charge is 2.16. The molecular formula is C14H16N4O2. The molecule has 2 atom stereocenters. The quantitative estimate of drug-likeness (QED) is 0.605. The molecule has 0 saturated carbocycles. The first-order chi connectivity index (χ1) is 9.51. The van der Waals surface area contributed by atoms with E-state index in [-0.39, 0.29) is 24.1 Å². The molecule has 6 nitrogen and oxygen atoms in total. The lowest BCUT2D eigenvalue weighted by atomic mass is 10.1. The molecule has 20 heavy (non-hydrogen) atoms. The van der Waals surface area contributed by atoms with Crippen LogP contribution in [0.2, 0.25) is 0 Å². The third-order valence-corrected chi connectivity index (χ3v) is 3.07. The van der Waals surface area contributed by atoms with E-state index in [2.05, 4.69) is 21.2 Å². The van der Waals surface area contributed by atoms with Crippen molar-refractivity contribution in [2.24, 2.45) is 5.73 Å². The smallest absolute Gasteiger partial charge is 0.323 e. The number of H-pyrrole nitrogens is 2. The van der Waals surface area contributed by atoms with E-state index in [9.17, 15) is 9.59 Å². The van der Waals surface area contributed by atoms with Gasteiger partial charge in [0.2, 0.25) is 5.91 Å². The van der Waals surface area contributed by atoms with Gasteiger partial charge in [0, 0.05) is 6.42 Å². The number of aromatic nitrogens is 2. The van der Waals surface area contributed by atoms with Crippen LogP contribution in [0, 0.1) is 12.3 Å². The van der Waals surface area contributed by atoms with Gasteiger partial charge >= 0.3 is 5.69 Å². The van der Waals surface area contributed by atoms with Gasteiger partial charge in [0.15, 0.2) is 0 Å². The minimum absolute atomic E-state index is 0.197. The van der Waals surface area contributed by atoms with Gasteiger partial charge in [-0.05, 0) is 24.6 Å². The minimum atomic E-state index is -0.710. The van der Waals surface area contributed by atoms with E-state index in [1.165, 1.54) is 0 Å². The Morgan fingerprint density at radius 3 is 2.85 bits per heavy atom. The summed E-state index contributed by atoms with van der Waals surface area (Å²) in [6.07, 6.45) is 5.32. The molecule has 0 aliphatic carbocycles. The van der Waals surface area contributed by atoms with Crippen molar-refractivity contribution in [2.45, 2.75) is 25.4 Å². The van der Waals surface area contributed by atoms with Crippen molar-refractivity contribution in [3.63, 3.8) is 0 Å². The minimum Gasteiger partial charge on any atom is -0.348 e. The molecule has 6 heteroatoms. The Kier molecular flexibility index (Phi) is 3.91. The van der Waals surface area contributed by atoms with Crippen LogP contribution >= 0.6 is 0 Å². The molecule has 104 valence electrons. The molecule has 1 aromatic heterocycles. The molecule has 0 bridgehead atoms. The van der Waals surface area contributed by atoms with E-state index in [1.54, 1.807) is 6.07 Å². The zero-order valence-electron chi connectivity index (χ0n) is 11.1. The van der Waals surface area contributed by atoms with Gasteiger partial charge in [-0.3, -0.25) is 4.79 Å². The lowest BCUT2D eigenvalue weighted by Gasteiger charge is -2.16. The zero-order chi connectivity index (χ0) is 14.7. The summed E-state index contributed by atoms with van der Waals surface area (Å²) in [6.45, 7) is 1.84. The van der Waals surface area contributed by atoms with Crippen LogP contribution in [0.5, 0.6) is 0 Å². The van der Waals surface area contributed by atoms with Crippen LogP contribution in [-0.4, -0.2) is 21.9 Å². The summed E-state index contributed by atoms with van der Waals surface area (Å²) in [4.78, 5) is 28.3. The maximum atomic E-state index is 11.8. The van der Waals surface area contributed by atoms with E-state index in [0.29, 0.717) is 5.52 Å². The van der Waals surface area contributed by atoms with Crippen molar-refractivity contribution in [3.8, 4) is 12.3 Å². The first-order valence-electron chi connectivity index (χ1n) is 6.22. The Bertz CT molecular complexity index is 723. The van der Waals surface area contributed by atoms with E-state index in [4.69, 9.17) is 12.2 Å². The van der Waals surface area contributed by atoms with E-state index in [0.717, 1.165) is 11.1 Å². The Hall–Kier alpha value is -2.52. The van der Waals surface area contributed by atoms with Crippen LogP contribution in [0.15, 0.2) is 23.0 Å². The second-order valence-electron chi connectivity index (χ2n) is 4.63. The van der Waals surface area contributed by atoms with Crippen LogP contribution in [-0.2, 0) is 4.79 Å². The number of nitrogens with two attached hydrogens (primary N) is 1. The average molecular weight is 272 g/mol. The summed E-state index contributed by atoms with van der Waals surface area (Å²) in [5, 5.41) is 2.79. The SMILES string of the molecule is C#CCC(N)C(=O)NC(C)c1ccc2[nH]c(=O)[nH]c2c1. The first-order valence-corrected chi connectivity index (χ1v) is 6.22. The molecule has 1 heterocycles. The van der Waals surface area contributed by atoms with Crippen LogP contribution in [0.4, 0.5) is 0 Å². The molecule has 0 aliphatic heterocycles. The van der Waals surface area contributed by atoms with Gasteiger partial charge in [0.25, 0.3) is 0 Å². The molecule has 0 fully saturated rings. The number of hydrogen-bond acceptors (Lipinski definition) is 3. The highest BCUT2D eigenvalue weighted by molar-refractivity contribution is 5.82. The van der Waals surface area contributed by atoms with Crippen molar-refractivity contribution in [1.82, 2.24) is 15.3 Å². The third kappa shape index (κ3) is 2.90. The van der Waals surface area contributed by atoms with Gasteiger partial charge in [-0.15, -0.1) is 12.3 Å². The molecule has 1 aromatic carbocycles. The molecular weight excluding hydrogens is 256 g/mol. The summed E-state index contributed by atoms with van der Waals surface area (Å²) in [7, 11) is 0. The number of carbonyl (C=O) groups excluding carboxylic acids is 1. The fraction of sp³-hybridized carbons (Fsp3) is 0.286. The highest BCUT2D eigenvalue weighted by atomic mass is 16.2. The van der Waals surface area contributed by atoms with Gasteiger partial charge in [0.05, 0.1) is 23.1 Å². The third-order valence-electron chi connectivity index (χ3n) is 3.07. The highest BCUT2D eigenvalue weighted by Crippen LogP contribution is 2.17. The number of rotatable bonds is 4. The standard InChI is InChI=1S/C14H16N4O2/c1-3-4-10(15)13(19)16-8(2)9-5-6-11-12(7-9)18-14(20)17-11/h1,5-8,10H,4,15H2,2H3,(H,16,19)(H2,17,18,20). The Balaban J connectivity index is 2.14. The number of imidazole rings is 1. The van der Waals surface area contributed by atoms with E-state index in [1.807, 2.05) is 19.1 Å². The maximum Gasteiger partial charge on any atom is 0.323 e. The summed E-state index contributed by atoms with van der Waals surface area (Å²) < 4.78 is 0. The maximum absolute atomic E-state index is 11.8. The van der Waals surface area contributed by atoms with Gasteiger partial charge in [-0.2, -0.15) is 0 Å². The van der Waals surface area contributed by atoms with Crippen LogP contribution < -0.4 is 16.7 Å². The zero-order valence-corrected chi connectivity index (χ0v) is 11.1. The summed E-state index contributed by atoms with van der Waals surface area (Å²) in [5.41, 5.74) is 7.67. The number of aromatic amines is 2. The monoisotopic (exact) mass is 272 g/mol. The van der Waals surface area contributed by atoms with Crippen molar-refractivity contribution in [1.29, 1.82) is 0 Å². The summed E-state index contributed by atoms with van der Waals surface area (Å²) >= 11 is 0. The lowest BCUT2D eigenvalue weighted by Crippen LogP contribution is -2.41. The normalized spacial score (nSPS) is 13.7. The van der Waals surface area contributed by atoms with Gasteiger partial charge in [-0.25, -0.2) is 4.79 Å². The Morgan fingerprint density at radius 2 is 2.15 bits per heavy atom. The fourth-order valence-electron chi connectivity index (χ4n) is 1.94. The molecule has 0 radical (unpaired) electrons. The summed E-state index contributed by atoms with van der Waals surface area (Å²) in [5.74, 6) is 2.07. The molecule has 0 saturated heterocycles. The van der Waals surface area contributed by atoms with E-state index >= 15 is 0 Å². The molecule has 2 aromatic rings. The van der Waals surface area contributed by atoms with Crippen LogP contribution in [0.1, 0.15) is 24.9 Å². The molecule has 0 aliphatic rings. The van der Waals surface area contributed by atoms with Gasteiger partial charge in [0.1, 0.15) is 0 Å². The van der Waals surface area contributed by atoms with Crippen LogP contribution in [0.3, 0.4) is 0 Å². The van der Waals surface area contributed by atoms with Crippen molar-refractivity contribution in [2.75, 3.05) is 0 Å². The predicted octanol–water partition coefficient (Wildman–Crippen LogP) is 0.384. The van der Waals surface area contributed by atoms with Gasteiger partial charge < -0.3 is 21.0 Å². The molecule has 0 spiro atoms. The Labute approximate surface area is 115 Å². The number of nitrogens with one attached hydrogen (secondary N) is 3. The molecule has 2 unspecified atom stereocenters. The number of amides is 1. The van der Waals surface area contributed by atoms with Crippen LogP contribution in [0.25, 0.3) is 11.0 Å². The number of carbonyl (C=O) groups is 1. The van der Waals surface area contributed by atoms with Crippen molar-refractivity contribution < 1.29 is 4.79 Å². The number of terminal acetylenes is 1. The molecule has 2 rings (SSSR count). The van der Waals surface area contributed by atoms with E-state index < -0.39 is 6.04 Å². The molecule has 1 amide bonds. The first kappa shape index (κ1) is 13.9. The van der Waals surface area contributed by atoms with Gasteiger partial charge in [-0.1, -0.05) is 6.07 Å². The topological polar surface area (TPSA) is 104 Å². The summed E-state index contributed by atoms with van der Waals surface area (Å²) in [6, 6.07) is 4.49. The largest absolute Gasteiger partial charge is 0.348 e. The second-order valence-corrected chi connectivity index (χ2v) is 4.63. The fourth-order valence-corrected chi connectivity index (χ4v) is 1.94. The lowest BCUT2D eigenvalue weighted by molar-refractivity contribution is -0.122. The van der Waals surface area contributed by atoms with Crippen molar-refractivity contribution in [3.05, 3.63) is 34.2 Å².